The number of hydrogen-bond acceptors (Lipinski definition) is 3. The molecule has 2 amide bonds. The second-order valence-corrected chi connectivity index (χ2v) is 7.59. The summed E-state index contributed by atoms with van der Waals surface area (Å²) in [5.41, 5.74) is 11.3. The maximum atomic E-state index is 12.5. The number of fused-ring (bicyclic) bond motifs is 3. The van der Waals surface area contributed by atoms with E-state index in [4.69, 9.17) is 4.74 Å². The van der Waals surface area contributed by atoms with Crippen LogP contribution in [0, 0.1) is 13.8 Å². The summed E-state index contributed by atoms with van der Waals surface area (Å²) in [6.07, 6.45) is 4.46. The zero-order valence-corrected chi connectivity index (χ0v) is 16.7. The number of hydrogen-bond donors (Lipinski definition) is 3. The SMILES string of the molecule is Cc1ccc(OCC(=O)NNC(=O)c2ccc3[nH]c4c(c3c2)CCCC4)cc1C. The number of benzene rings is 2. The van der Waals surface area contributed by atoms with E-state index < -0.39 is 5.91 Å². The summed E-state index contributed by atoms with van der Waals surface area (Å²) in [7, 11) is 0. The van der Waals surface area contributed by atoms with Crippen LogP contribution >= 0.6 is 0 Å². The van der Waals surface area contributed by atoms with Crippen LogP contribution in [-0.2, 0) is 17.6 Å². The van der Waals surface area contributed by atoms with Crippen LogP contribution in [0.5, 0.6) is 5.75 Å². The molecule has 29 heavy (non-hydrogen) atoms. The second kappa shape index (κ2) is 7.99. The molecule has 1 heterocycles. The number of aromatic nitrogens is 1. The van der Waals surface area contributed by atoms with Crippen molar-refractivity contribution >= 4 is 22.7 Å². The number of nitrogens with one attached hydrogen (secondary N) is 3. The summed E-state index contributed by atoms with van der Waals surface area (Å²) in [6.45, 7) is 3.83. The number of carbonyl (C=O) groups is 2. The molecular formula is C23H25N3O3. The van der Waals surface area contributed by atoms with Gasteiger partial charge in [-0.05, 0) is 86.6 Å². The molecule has 1 aliphatic rings. The molecule has 3 aromatic rings. The summed E-state index contributed by atoms with van der Waals surface area (Å²) in [5, 5.41) is 1.09. The Morgan fingerprint density at radius 2 is 1.83 bits per heavy atom. The molecule has 0 saturated carbocycles. The maximum absolute atomic E-state index is 12.5. The fourth-order valence-corrected chi connectivity index (χ4v) is 3.73. The van der Waals surface area contributed by atoms with Gasteiger partial charge in [-0.3, -0.25) is 20.4 Å². The first-order valence-electron chi connectivity index (χ1n) is 9.94. The van der Waals surface area contributed by atoms with Gasteiger partial charge in [-0.15, -0.1) is 0 Å². The lowest BCUT2D eigenvalue weighted by Gasteiger charge is -2.11. The second-order valence-electron chi connectivity index (χ2n) is 7.59. The Bertz CT molecular complexity index is 1080. The Labute approximate surface area is 169 Å². The van der Waals surface area contributed by atoms with Gasteiger partial charge in [0.2, 0.25) is 0 Å². The van der Waals surface area contributed by atoms with Crippen LogP contribution in [0.25, 0.3) is 10.9 Å². The Balaban J connectivity index is 1.35. The molecule has 6 nitrogen and oxygen atoms in total. The minimum atomic E-state index is -0.420. The third-order valence-electron chi connectivity index (χ3n) is 5.52. The quantitative estimate of drug-likeness (QED) is 0.595. The minimum Gasteiger partial charge on any atom is -0.484 e. The topological polar surface area (TPSA) is 83.2 Å². The van der Waals surface area contributed by atoms with E-state index in [1.807, 2.05) is 44.2 Å². The fourth-order valence-electron chi connectivity index (χ4n) is 3.73. The molecule has 2 aromatic carbocycles. The number of carbonyl (C=O) groups excluding carboxylic acids is 2. The lowest BCUT2D eigenvalue weighted by Crippen LogP contribution is -2.43. The number of amides is 2. The average molecular weight is 391 g/mol. The van der Waals surface area contributed by atoms with Crippen LogP contribution in [0.1, 0.15) is 45.6 Å². The Hall–Kier alpha value is -3.28. The Kier molecular flexibility index (Phi) is 5.25. The largest absolute Gasteiger partial charge is 0.484 e. The first-order valence-corrected chi connectivity index (χ1v) is 9.94. The highest BCUT2D eigenvalue weighted by Gasteiger charge is 2.17. The van der Waals surface area contributed by atoms with Crippen LogP contribution in [0.15, 0.2) is 36.4 Å². The number of rotatable bonds is 4. The van der Waals surface area contributed by atoms with Crippen molar-refractivity contribution in [1.82, 2.24) is 15.8 Å². The van der Waals surface area contributed by atoms with E-state index in [1.165, 1.54) is 24.1 Å². The van der Waals surface area contributed by atoms with Gasteiger partial charge >= 0.3 is 0 Å². The number of ether oxygens (including phenoxy) is 1. The summed E-state index contributed by atoms with van der Waals surface area (Å²) < 4.78 is 5.48. The van der Waals surface area contributed by atoms with Gasteiger partial charge in [-0.1, -0.05) is 6.07 Å². The van der Waals surface area contributed by atoms with E-state index in [2.05, 4.69) is 15.8 Å². The number of aryl methyl sites for hydroxylation is 4. The Morgan fingerprint density at radius 3 is 2.66 bits per heavy atom. The van der Waals surface area contributed by atoms with E-state index in [0.717, 1.165) is 34.9 Å². The predicted molar refractivity (Wildman–Crippen MR) is 112 cm³/mol. The zero-order chi connectivity index (χ0) is 20.4. The third-order valence-corrected chi connectivity index (χ3v) is 5.52. The van der Waals surface area contributed by atoms with Gasteiger partial charge < -0.3 is 9.72 Å². The molecule has 3 N–H and O–H groups in total. The van der Waals surface area contributed by atoms with Gasteiger partial charge in [0.25, 0.3) is 11.8 Å². The molecule has 0 saturated heterocycles. The molecular weight excluding hydrogens is 366 g/mol. The first-order chi connectivity index (χ1) is 14.0. The fraction of sp³-hybridized carbons (Fsp3) is 0.304. The van der Waals surface area contributed by atoms with Gasteiger partial charge in [0, 0.05) is 22.2 Å². The molecule has 0 atom stereocenters. The van der Waals surface area contributed by atoms with Crippen LogP contribution in [0.3, 0.4) is 0 Å². The standard InChI is InChI=1S/C23H25N3O3/c1-14-7-9-17(11-15(14)2)29-13-22(27)25-26-23(28)16-8-10-21-19(12-16)18-5-3-4-6-20(18)24-21/h7-12,24H,3-6,13H2,1-2H3,(H,25,27)(H,26,28). The molecule has 0 bridgehead atoms. The van der Waals surface area contributed by atoms with Crippen molar-refractivity contribution in [2.24, 2.45) is 0 Å². The third kappa shape index (κ3) is 4.11. The summed E-state index contributed by atoms with van der Waals surface area (Å²) >= 11 is 0. The van der Waals surface area contributed by atoms with E-state index in [9.17, 15) is 9.59 Å². The van der Waals surface area contributed by atoms with Crippen LogP contribution < -0.4 is 15.6 Å². The Morgan fingerprint density at radius 1 is 1.00 bits per heavy atom. The highest BCUT2D eigenvalue weighted by atomic mass is 16.5. The predicted octanol–water partition coefficient (Wildman–Crippen LogP) is 3.50. The van der Waals surface area contributed by atoms with E-state index in [0.29, 0.717) is 11.3 Å². The molecule has 1 aromatic heterocycles. The molecule has 0 unspecified atom stereocenters. The van der Waals surface area contributed by atoms with Gasteiger partial charge in [0.15, 0.2) is 6.61 Å². The summed E-state index contributed by atoms with van der Waals surface area (Å²) in [4.78, 5) is 27.9. The maximum Gasteiger partial charge on any atom is 0.276 e. The van der Waals surface area contributed by atoms with Crippen molar-refractivity contribution in [1.29, 1.82) is 0 Å². The normalized spacial score (nSPS) is 13.0. The molecule has 1 aliphatic carbocycles. The van der Waals surface area contributed by atoms with Gasteiger partial charge in [0.1, 0.15) is 5.75 Å². The van der Waals surface area contributed by atoms with Crippen molar-refractivity contribution in [3.05, 3.63) is 64.3 Å². The minimum absolute atomic E-state index is 0.173. The van der Waals surface area contributed by atoms with Crippen molar-refractivity contribution in [3.63, 3.8) is 0 Å². The van der Waals surface area contributed by atoms with E-state index >= 15 is 0 Å². The molecule has 0 aliphatic heterocycles. The highest BCUT2D eigenvalue weighted by molar-refractivity contribution is 5.99. The van der Waals surface area contributed by atoms with Gasteiger partial charge in [-0.25, -0.2) is 0 Å². The molecule has 0 fully saturated rings. The van der Waals surface area contributed by atoms with Crippen molar-refractivity contribution in [3.8, 4) is 5.75 Å². The monoisotopic (exact) mass is 391 g/mol. The van der Waals surface area contributed by atoms with Crippen molar-refractivity contribution < 1.29 is 14.3 Å². The molecule has 0 radical (unpaired) electrons. The van der Waals surface area contributed by atoms with Crippen molar-refractivity contribution in [2.45, 2.75) is 39.5 Å². The summed E-state index contributed by atoms with van der Waals surface area (Å²) in [5.74, 6) is -0.147. The van der Waals surface area contributed by atoms with E-state index in [1.54, 1.807) is 6.07 Å². The highest BCUT2D eigenvalue weighted by Crippen LogP contribution is 2.29. The number of aromatic amines is 1. The number of hydrazine groups is 1. The molecule has 4 rings (SSSR count). The smallest absolute Gasteiger partial charge is 0.276 e. The van der Waals surface area contributed by atoms with Gasteiger partial charge in [-0.2, -0.15) is 0 Å². The lowest BCUT2D eigenvalue weighted by atomic mass is 9.95. The van der Waals surface area contributed by atoms with Crippen LogP contribution in [0.2, 0.25) is 0 Å². The van der Waals surface area contributed by atoms with Crippen LogP contribution in [0.4, 0.5) is 0 Å². The molecule has 150 valence electrons. The lowest BCUT2D eigenvalue weighted by molar-refractivity contribution is -0.123. The summed E-state index contributed by atoms with van der Waals surface area (Å²) in [6, 6.07) is 11.2. The van der Waals surface area contributed by atoms with Crippen LogP contribution in [-0.4, -0.2) is 23.4 Å². The van der Waals surface area contributed by atoms with E-state index in [-0.39, 0.29) is 12.5 Å². The van der Waals surface area contributed by atoms with Gasteiger partial charge in [0.05, 0.1) is 0 Å². The zero-order valence-electron chi connectivity index (χ0n) is 16.7. The average Bonchev–Trinajstić information content (AvgIpc) is 3.10. The molecule has 6 heteroatoms. The molecule has 0 spiro atoms. The number of H-pyrrole nitrogens is 1. The first kappa shape index (κ1) is 19.1. The van der Waals surface area contributed by atoms with Crippen molar-refractivity contribution in [2.75, 3.05) is 6.61 Å².